The minimum atomic E-state index is -0.587. The minimum absolute atomic E-state index is 0.159. The van der Waals surface area contributed by atoms with Gasteiger partial charge in [-0.05, 0) is 16.7 Å². The highest BCUT2D eigenvalue weighted by Crippen LogP contribution is 2.48. The summed E-state index contributed by atoms with van der Waals surface area (Å²) in [6.45, 7) is 5.28. The lowest BCUT2D eigenvalue weighted by atomic mass is 9.84. The van der Waals surface area contributed by atoms with Gasteiger partial charge in [-0.2, -0.15) is 0 Å². The van der Waals surface area contributed by atoms with Crippen LogP contribution in [0, 0.1) is 0 Å². The third-order valence-corrected chi connectivity index (χ3v) is 6.48. The molecule has 4 heteroatoms. The summed E-state index contributed by atoms with van der Waals surface area (Å²) in [7, 11) is 0. The lowest BCUT2D eigenvalue weighted by Crippen LogP contribution is -2.38. The summed E-state index contributed by atoms with van der Waals surface area (Å²) in [6, 6.07) is 30.6. The second kappa shape index (κ2) is 10.1. The lowest BCUT2D eigenvalue weighted by Gasteiger charge is -2.35. The zero-order chi connectivity index (χ0) is 21.4. The Morgan fingerprint density at radius 1 is 0.833 bits per heavy atom. The van der Waals surface area contributed by atoms with Gasteiger partial charge >= 0.3 is 0 Å². The Kier molecular flexibility index (Phi) is 7.26. The SMILES string of the molecule is C=CCN(C(C)=O)C(=O)CSC(c1ccccc1)(c1ccccc1)c1ccccc1. The Hall–Kier alpha value is -3.11. The summed E-state index contributed by atoms with van der Waals surface area (Å²) in [4.78, 5) is 26.2. The number of amides is 2. The van der Waals surface area contributed by atoms with Crippen molar-refractivity contribution < 1.29 is 9.59 Å². The van der Waals surface area contributed by atoms with E-state index >= 15 is 0 Å². The van der Waals surface area contributed by atoms with E-state index in [1.807, 2.05) is 54.6 Å². The summed E-state index contributed by atoms with van der Waals surface area (Å²) in [5, 5.41) is 0. The second-order valence-corrected chi connectivity index (χ2v) is 8.07. The van der Waals surface area contributed by atoms with Crippen molar-refractivity contribution in [1.82, 2.24) is 4.90 Å². The highest BCUT2D eigenvalue weighted by Gasteiger charge is 2.38. The largest absolute Gasteiger partial charge is 0.278 e. The minimum Gasteiger partial charge on any atom is -0.278 e. The molecule has 0 atom stereocenters. The van der Waals surface area contributed by atoms with Gasteiger partial charge in [0, 0.05) is 13.5 Å². The third-order valence-electron chi connectivity index (χ3n) is 4.95. The molecule has 0 fully saturated rings. The number of hydrogen-bond donors (Lipinski definition) is 0. The Bertz CT molecular complexity index is 891. The molecule has 0 saturated heterocycles. The number of carbonyl (C=O) groups is 2. The standard InChI is InChI=1S/C26H25NO2S/c1-3-19-27(21(2)28)25(29)20-30-26(22-13-7-4-8-14-22,23-15-9-5-10-16-23)24-17-11-6-12-18-24/h3-18H,1,19-20H2,2H3. The highest BCUT2D eigenvalue weighted by atomic mass is 32.2. The molecule has 0 aliphatic carbocycles. The molecule has 0 unspecified atom stereocenters. The van der Waals surface area contributed by atoms with E-state index in [0.29, 0.717) is 0 Å². The highest BCUT2D eigenvalue weighted by molar-refractivity contribution is 8.01. The number of thioether (sulfide) groups is 1. The summed E-state index contributed by atoms with van der Waals surface area (Å²) in [6.07, 6.45) is 1.57. The molecule has 0 heterocycles. The normalized spacial score (nSPS) is 11.0. The maximum absolute atomic E-state index is 13.0. The number of rotatable bonds is 8. The zero-order valence-electron chi connectivity index (χ0n) is 17.0. The van der Waals surface area contributed by atoms with Crippen LogP contribution in [0.5, 0.6) is 0 Å². The summed E-state index contributed by atoms with van der Waals surface area (Å²) < 4.78 is -0.587. The molecule has 0 aliphatic rings. The molecule has 0 bridgehead atoms. The van der Waals surface area contributed by atoms with Crippen molar-refractivity contribution in [3.63, 3.8) is 0 Å². The molecule has 0 N–H and O–H groups in total. The van der Waals surface area contributed by atoms with E-state index in [-0.39, 0.29) is 24.1 Å². The topological polar surface area (TPSA) is 37.4 Å². The summed E-state index contributed by atoms with van der Waals surface area (Å²) in [5.41, 5.74) is 3.25. The molecule has 3 aromatic carbocycles. The molecule has 152 valence electrons. The van der Waals surface area contributed by atoms with Crippen LogP contribution in [-0.2, 0) is 14.3 Å². The van der Waals surface area contributed by atoms with Gasteiger partial charge in [-0.25, -0.2) is 0 Å². The smallest absolute Gasteiger partial charge is 0.239 e. The number of hydrogen-bond acceptors (Lipinski definition) is 3. The maximum atomic E-state index is 13.0. The van der Waals surface area contributed by atoms with Crippen molar-refractivity contribution in [3.05, 3.63) is 120 Å². The Morgan fingerprint density at radius 3 is 1.57 bits per heavy atom. The zero-order valence-corrected chi connectivity index (χ0v) is 17.8. The van der Waals surface area contributed by atoms with Gasteiger partial charge in [-0.1, -0.05) is 97.1 Å². The van der Waals surface area contributed by atoms with Crippen LogP contribution < -0.4 is 0 Å². The first-order chi connectivity index (χ1) is 14.6. The molecule has 0 aromatic heterocycles. The second-order valence-electron chi connectivity index (χ2n) is 6.88. The fourth-order valence-electron chi connectivity index (χ4n) is 3.55. The van der Waals surface area contributed by atoms with Crippen LogP contribution in [0.25, 0.3) is 0 Å². The Balaban J connectivity index is 2.11. The van der Waals surface area contributed by atoms with Crippen LogP contribution in [0.4, 0.5) is 0 Å². The van der Waals surface area contributed by atoms with Gasteiger partial charge in [0.05, 0.1) is 10.5 Å². The summed E-state index contributed by atoms with van der Waals surface area (Å²) in [5.74, 6) is -0.337. The fraction of sp³-hybridized carbons (Fsp3) is 0.154. The lowest BCUT2D eigenvalue weighted by molar-refractivity contribution is -0.141. The molecular weight excluding hydrogens is 390 g/mol. The van der Waals surface area contributed by atoms with Gasteiger partial charge in [-0.3, -0.25) is 14.5 Å². The number of nitrogens with zero attached hydrogens (tertiary/aromatic N) is 1. The Labute approximate surface area is 182 Å². The van der Waals surface area contributed by atoms with E-state index in [2.05, 4.69) is 43.0 Å². The van der Waals surface area contributed by atoms with E-state index < -0.39 is 4.75 Å². The molecule has 0 radical (unpaired) electrons. The first-order valence-corrected chi connectivity index (χ1v) is 10.8. The van der Waals surface area contributed by atoms with E-state index in [4.69, 9.17) is 0 Å². The molecule has 0 spiro atoms. The molecule has 0 aliphatic heterocycles. The average molecular weight is 416 g/mol. The van der Waals surface area contributed by atoms with Crippen molar-refractivity contribution in [2.45, 2.75) is 11.7 Å². The molecule has 3 aromatic rings. The Morgan fingerprint density at radius 2 is 1.23 bits per heavy atom. The molecule has 0 saturated carbocycles. The first kappa shape index (κ1) is 21.6. The van der Waals surface area contributed by atoms with Gasteiger partial charge < -0.3 is 0 Å². The van der Waals surface area contributed by atoms with Crippen molar-refractivity contribution in [2.75, 3.05) is 12.3 Å². The first-order valence-electron chi connectivity index (χ1n) is 9.82. The molecule has 3 rings (SSSR count). The van der Waals surface area contributed by atoms with Crippen LogP contribution in [0.2, 0.25) is 0 Å². The summed E-state index contributed by atoms with van der Waals surface area (Å²) >= 11 is 1.53. The predicted octanol–water partition coefficient (Wildman–Crippen LogP) is 5.27. The van der Waals surface area contributed by atoms with Gasteiger partial charge in [0.15, 0.2) is 0 Å². The molecule has 30 heavy (non-hydrogen) atoms. The van der Waals surface area contributed by atoms with Crippen LogP contribution in [0.15, 0.2) is 104 Å². The average Bonchev–Trinajstić information content (AvgIpc) is 2.79. The van der Waals surface area contributed by atoms with Gasteiger partial charge in [0.25, 0.3) is 0 Å². The number of imide groups is 1. The quantitative estimate of drug-likeness (QED) is 0.371. The van der Waals surface area contributed by atoms with Crippen molar-refractivity contribution in [2.24, 2.45) is 0 Å². The van der Waals surface area contributed by atoms with E-state index in [9.17, 15) is 9.59 Å². The van der Waals surface area contributed by atoms with E-state index in [1.165, 1.54) is 23.6 Å². The van der Waals surface area contributed by atoms with Crippen molar-refractivity contribution >= 4 is 23.6 Å². The van der Waals surface area contributed by atoms with Crippen LogP contribution >= 0.6 is 11.8 Å². The fourth-order valence-corrected chi connectivity index (χ4v) is 4.96. The van der Waals surface area contributed by atoms with Crippen LogP contribution in [0.3, 0.4) is 0 Å². The van der Waals surface area contributed by atoms with Crippen molar-refractivity contribution in [3.8, 4) is 0 Å². The molecular formula is C26H25NO2S. The van der Waals surface area contributed by atoms with Crippen LogP contribution in [-0.4, -0.2) is 29.0 Å². The van der Waals surface area contributed by atoms with E-state index in [1.54, 1.807) is 6.08 Å². The van der Waals surface area contributed by atoms with E-state index in [0.717, 1.165) is 16.7 Å². The van der Waals surface area contributed by atoms with Gasteiger partial charge in [0.2, 0.25) is 11.8 Å². The van der Waals surface area contributed by atoms with Crippen molar-refractivity contribution in [1.29, 1.82) is 0 Å². The molecule has 2 amide bonds. The number of benzene rings is 3. The third kappa shape index (κ3) is 4.55. The monoisotopic (exact) mass is 415 g/mol. The molecule has 3 nitrogen and oxygen atoms in total. The van der Waals surface area contributed by atoms with Gasteiger partial charge in [-0.15, -0.1) is 18.3 Å². The number of carbonyl (C=O) groups excluding carboxylic acids is 2. The maximum Gasteiger partial charge on any atom is 0.239 e. The van der Waals surface area contributed by atoms with Crippen LogP contribution in [0.1, 0.15) is 23.6 Å². The predicted molar refractivity (Wildman–Crippen MR) is 124 cm³/mol. The van der Waals surface area contributed by atoms with Gasteiger partial charge in [0.1, 0.15) is 0 Å².